The molecule has 0 spiro atoms. The van der Waals surface area contributed by atoms with Crippen LogP contribution in [-0.2, 0) is 9.05 Å². The molecular formula is C7H5Cl2NO4S. The monoisotopic (exact) mass is 269 g/mol. The van der Waals surface area contributed by atoms with Crippen molar-refractivity contribution >= 4 is 37.0 Å². The molecule has 0 aliphatic heterocycles. The highest BCUT2D eigenvalue weighted by Gasteiger charge is 2.26. The molecule has 0 fully saturated rings. The normalized spacial score (nSPS) is 11.4. The third-order valence-corrected chi connectivity index (χ3v) is 3.23. The second kappa shape index (κ2) is 3.96. The molecule has 1 aromatic rings. The predicted molar refractivity (Wildman–Crippen MR) is 55.9 cm³/mol. The van der Waals surface area contributed by atoms with E-state index in [1.807, 2.05) is 0 Å². The summed E-state index contributed by atoms with van der Waals surface area (Å²) in [5.41, 5.74) is -0.402. The quantitative estimate of drug-likeness (QED) is 0.470. The Balaban J connectivity index is 3.70. The van der Waals surface area contributed by atoms with Gasteiger partial charge in [-0.25, -0.2) is 8.42 Å². The van der Waals surface area contributed by atoms with E-state index in [0.717, 1.165) is 6.07 Å². The standard InChI is InChI=1S/C7H5Cl2NO4S/c1-4-2-5(8)3-6(15(9,13)14)7(4)10(11)12/h2-3H,1H3. The molecule has 0 unspecified atom stereocenters. The summed E-state index contributed by atoms with van der Waals surface area (Å²) in [4.78, 5) is 9.25. The molecule has 0 aromatic heterocycles. The smallest absolute Gasteiger partial charge is 0.258 e. The maximum absolute atomic E-state index is 11.1. The fourth-order valence-corrected chi connectivity index (χ4v) is 2.55. The molecule has 0 N–H and O–H groups in total. The van der Waals surface area contributed by atoms with Crippen LogP contribution in [0.15, 0.2) is 17.0 Å². The zero-order valence-electron chi connectivity index (χ0n) is 7.40. The largest absolute Gasteiger partial charge is 0.292 e. The van der Waals surface area contributed by atoms with E-state index in [0.29, 0.717) is 0 Å². The van der Waals surface area contributed by atoms with E-state index in [2.05, 4.69) is 0 Å². The highest BCUT2D eigenvalue weighted by atomic mass is 35.7. The average molecular weight is 270 g/mol. The van der Waals surface area contributed by atoms with Gasteiger partial charge in [-0.3, -0.25) is 10.1 Å². The van der Waals surface area contributed by atoms with Crippen molar-refractivity contribution in [1.29, 1.82) is 0 Å². The summed E-state index contributed by atoms with van der Waals surface area (Å²) in [6.07, 6.45) is 0. The second-order valence-electron chi connectivity index (χ2n) is 2.76. The number of nitrogens with zero attached hydrogens (tertiary/aromatic N) is 1. The number of benzene rings is 1. The summed E-state index contributed by atoms with van der Waals surface area (Å²) in [6, 6.07) is 2.25. The fraction of sp³-hybridized carbons (Fsp3) is 0.143. The molecule has 15 heavy (non-hydrogen) atoms. The number of nitro benzene ring substituents is 1. The Morgan fingerprint density at radius 1 is 1.40 bits per heavy atom. The lowest BCUT2D eigenvalue weighted by Gasteiger charge is -2.02. The number of rotatable bonds is 2. The lowest BCUT2D eigenvalue weighted by atomic mass is 10.2. The Bertz CT molecular complexity index is 526. The van der Waals surface area contributed by atoms with Crippen molar-refractivity contribution in [3.8, 4) is 0 Å². The van der Waals surface area contributed by atoms with Gasteiger partial charge in [0, 0.05) is 21.3 Å². The van der Waals surface area contributed by atoms with Gasteiger partial charge in [0.1, 0.15) is 0 Å². The first-order valence-electron chi connectivity index (χ1n) is 3.62. The first-order chi connectivity index (χ1) is 6.73. The molecule has 0 saturated heterocycles. The molecule has 5 nitrogen and oxygen atoms in total. The Labute approximate surface area is 95.2 Å². The number of hydrogen-bond donors (Lipinski definition) is 0. The molecule has 0 radical (unpaired) electrons. The van der Waals surface area contributed by atoms with Crippen molar-refractivity contribution in [2.45, 2.75) is 11.8 Å². The average Bonchev–Trinajstić information content (AvgIpc) is 1.99. The van der Waals surface area contributed by atoms with Crippen LogP contribution < -0.4 is 0 Å². The van der Waals surface area contributed by atoms with Gasteiger partial charge in [-0.1, -0.05) is 11.6 Å². The van der Waals surface area contributed by atoms with Gasteiger partial charge in [0.15, 0.2) is 4.90 Å². The molecule has 0 saturated carbocycles. The molecule has 0 bridgehead atoms. The summed E-state index contributed by atoms with van der Waals surface area (Å²) >= 11 is 5.59. The van der Waals surface area contributed by atoms with Crippen molar-refractivity contribution in [3.05, 3.63) is 32.8 Å². The highest BCUT2D eigenvalue weighted by molar-refractivity contribution is 8.13. The van der Waals surface area contributed by atoms with E-state index in [1.165, 1.54) is 13.0 Å². The molecule has 0 atom stereocenters. The van der Waals surface area contributed by atoms with E-state index >= 15 is 0 Å². The fourth-order valence-electron chi connectivity index (χ4n) is 1.12. The number of aryl methyl sites for hydroxylation is 1. The van der Waals surface area contributed by atoms with Gasteiger partial charge in [0.05, 0.1) is 4.92 Å². The maximum Gasteiger partial charge on any atom is 0.292 e. The van der Waals surface area contributed by atoms with Crippen LogP contribution >= 0.6 is 22.3 Å². The molecule has 0 heterocycles. The Morgan fingerprint density at radius 3 is 2.33 bits per heavy atom. The molecule has 0 aliphatic carbocycles. The highest BCUT2D eigenvalue weighted by Crippen LogP contribution is 2.32. The molecule has 0 amide bonds. The summed E-state index contributed by atoms with van der Waals surface area (Å²) < 4.78 is 22.1. The SMILES string of the molecule is Cc1cc(Cl)cc(S(=O)(=O)Cl)c1[N+](=O)[O-]. The lowest BCUT2D eigenvalue weighted by Crippen LogP contribution is -2.01. The van der Waals surface area contributed by atoms with Crippen molar-refractivity contribution in [3.63, 3.8) is 0 Å². The molecular weight excluding hydrogens is 265 g/mol. The second-order valence-corrected chi connectivity index (χ2v) is 5.74. The van der Waals surface area contributed by atoms with Gasteiger partial charge in [0.2, 0.25) is 0 Å². The Hall–Kier alpha value is -0.850. The number of hydrogen-bond acceptors (Lipinski definition) is 4. The van der Waals surface area contributed by atoms with Crippen LogP contribution in [0.25, 0.3) is 0 Å². The first kappa shape index (κ1) is 12.2. The van der Waals surface area contributed by atoms with Gasteiger partial charge in [-0.15, -0.1) is 0 Å². The van der Waals surface area contributed by atoms with Crippen molar-refractivity contribution in [1.82, 2.24) is 0 Å². The Kier molecular flexibility index (Phi) is 3.22. The van der Waals surface area contributed by atoms with Crippen LogP contribution in [-0.4, -0.2) is 13.3 Å². The zero-order valence-corrected chi connectivity index (χ0v) is 9.73. The van der Waals surface area contributed by atoms with Gasteiger partial charge >= 0.3 is 0 Å². The molecule has 82 valence electrons. The Morgan fingerprint density at radius 2 is 1.93 bits per heavy atom. The minimum Gasteiger partial charge on any atom is -0.258 e. The van der Waals surface area contributed by atoms with Crippen molar-refractivity contribution in [2.75, 3.05) is 0 Å². The lowest BCUT2D eigenvalue weighted by molar-refractivity contribution is -0.388. The summed E-state index contributed by atoms with van der Waals surface area (Å²) in [7, 11) is 0.883. The molecule has 1 rings (SSSR count). The predicted octanol–water partition coefficient (Wildman–Crippen LogP) is 2.48. The number of halogens is 2. The first-order valence-corrected chi connectivity index (χ1v) is 6.31. The van der Waals surface area contributed by atoms with Crippen LogP contribution in [0.5, 0.6) is 0 Å². The van der Waals surface area contributed by atoms with Crippen LogP contribution in [0.2, 0.25) is 5.02 Å². The van der Waals surface area contributed by atoms with Gasteiger partial charge < -0.3 is 0 Å². The van der Waals surface area contributed by atoms with Gasteiger partial charge in [-0.05, 0) is 19.1 Å². The van der Waals surface area contributed by atoms with Crippen LogP contribution in [0.4, 0.5) is 5.69 Å². The minimum absolute atomic E-state index is 0.0809. The van der Waals surface area contributed by atoms with Crippen molar-refractivity contribution < 1.29 is 13.3 Å². The third kappa shape index (κ3) is 2.58. The number of nitro groups is 1. The molecule has 8 heteroatoms. The summed E-state index contributed by atoms with van der Waals surface area (Å²) in [5.74, 6) is 0. The van der Waals surface area contributed by atoms with Gasteiger partial charge in [-0.2, -0.15) is 0 Å². The van der Waals surface area contributed by atoms with Crippen LogP contribution in [0.1, 0.15) is 5.56 Å². The molecule has 0 aliphatic rings. The van der Waals surface area contributed by atoms with E-state index in [9.17, 15) is 18.5 Å². The summed E-state index contributed by atoms with van der Waals surface area (Å²) in [6.45, 7) is 1.38. The van der Waals surface area contributed by atoms with E-state index in [4.69, 9.17) is 22.3 Å². The van der Waals surface area contributed by atoms with Crippen LogP contribution in [0, 0.1) is 17.0 Å². The van der Waals surface area contributed by atoms with Crippen LogP contribution in [0.3, 0.4) is 0 Å². The van der Waals surface area contributed by atoms with Gasteiger partial charge in [0.25, 0.3) is 14.7 Å². The maximum atomic E-state index is 11.1. The topological polar surface area (TPSA) is 77.3 Å². The van der Waals surface area contributed by atoms with E-state index in [-0.39, 0.29) is 10.6 Å². The third-order valence-electron chi connectivity index (χ3n) is 1.68. The molecule has 1 aromatic carbocycles. The zero-order chi connectivity index (χ0) is 11.8. The van der Waals surface area contributed by atoms with E-state index in [1.54, 1.807) is 0 Å². The summed E-state index contributed by atoms with van der Waals surface area (Å²) in [5, 5.41) is 10.7. The minimum atomic E-state index is -4.18. The van der Waals surface area contributed by atoms with E-state index < -0.39 is 24.6 Å². The van der Waals surface area contributed by atoms with Crippen molar-refractivity contribution in [2.24, 2.45) is 0 Å².